The molecule has 0 aliphatic carbocycles. The van der Waals surface area contributed by atoms with Crippen LogP contribution in [-0.2, 0) is 13.2 Å². The largest absolute Gasteiger partial charge is 0.485 e. The molecule has 4 aromatic rings. The van der Waals surface area contributed by atoms with Crippen molar-refractivity contribution in [3.05, 3.63) is 123 Å². The molecular formula is C32H30N2O5. The van der Waals surface area contributed by atoms with Gasteiger partial charge >= 0.3 is 0 Å². The Balaban J connectivity index is 1.62. The lowest BCUT2D eigenvalue weighted by Gasteiger charge is -2.42. The zero-order valence-corrected chi connectivity index (χ0v) is 22.1. The maximum absolute atomic E-state index is 13.9. The maximum Gasteiger partial charge on any atom is 0.258 e. The summed E-state index contributed by atoms with van der Waals surface area (Å²) in [5.41, 5.74) is 1.89. The van der Waals surface area contributed by atoms with Crippen molar-refractivity contribution >= 4 is 0 Å². The summed E-state index contributed by atoms with van der Waals surface area (Å²) in [7, 11) is 0. The van der Waals surface area contributed by atoms with Crippen LogP contribution < -0.4 is 19.8 Å². The minimum absolute atomic E-state index is 0.258. The molecule has 0 saturated carbocycles. The summed E-state index contributed by atoms with van der Waals surface area (Å²) in [5, 5.41) is 21.0. The summed E-state index contributed by atoms with van der Waals surface area (Å²) in [6.07, 6.45) is 0.505. The fourth-order valence-corrected chi connectivity index (χ4v) is 4.81. The molecule has 0 bridgehead atoms. The first kappa shape index (κ1) is 26.1. The first-order chi connectivity index (χ1) is 18.8. The van der Waals surface area contributed by atoms with Gasteiger partial charge in [-0.1, -0.05) is 60.7 Å². The van der Waals surface area contributed by atoms with Gasteiger partial charge in [0, 0.05) is 5.56 Å². The lowest BCUT2D eigenvalue weighted by molar-refractivity contribution is -0.0644. The van der Waals surface area contributed by atoms with Crippen LogP contribution in [0.25, 0.3) is 0 Å². The number of nitriles is 1. The topological polar surface area (TPSA) is 93.7 Å². The molecule has 1 aliphatic rings. The van der Waals surface area contributed by atoms with Gasteiger partial charge in [-0.15, -0.1) is 0 Å². The first-order valence-corrected chi connectivity index (χ1v) is 12.8. The van der Waals surface area contributed by atoms with Gasteiger partial charge in [0.05, 0.1) is 29.4 Å². The number of fused-ring (bicyclic) bond motifs is 1. The number of nitrogens with zero attached hydrogens (tertiary/aromatic N) is 2. The van der Waals surface area contributed by atoms with E-state index in [4.69, 9.17) is 14.2 Å². The predicted molar refractivity (Wildman–Crippen MR) is 147 cm³/mol. The molecule has 198 valence electrons. The van der Waals surface area contributed by atoms with Crippen LogP contribution in [0, 0.1) is 18.3 Å². The highest BCUT2D eigenvalue weighted by atomic mass is 16.5. The van der Waals surface area contributed by atoms with E-state index in [2.05, 4.69) is 6.07 Å². The van der Waals surface area contributed by atoms with Gasteiger partial charge in [-0.3, -0.25) is 4.79 Å². The summed E-state index contributed by atoms with van der Waals surface area (Å²) < 4.78 is 20.0. The maximum atomic E-state index is 13.9. The molecule has 0 unspecified atom stereocenters. The third-order valence-corrected chi connectivity index (χ3v) is 6.98. The summed E-state index contributed by atoms with van der Waals surface area (Å²) in [5.74, 6) is 1.24. The number of aromatic nitrogens is 1. The monoisotopic (exact) mass is 522 g/mol. The van der Waals surface area contributed by atoms with Crippen molar-refractivity contribution < 1.29 is 19.3 Å². The number of hydrogen-bond acceptors (Lipinski definition) is 6. The lowest BCUT2D eigenvalue weighted by Crippen LogP contribution is -2.52. The Morgan fingerprint density at radius 1 is 0.974 bits per heavy atom. The molecule has 7 nitrogen and oxygen atoms in total. The van der Waals surface area contributed by atoms with Crippen LogP contribution in [0.15, 0.2) is 89.9 Å². The third-order valence-electron chi connectivity index (χ3n) is 6.98. The van der Waals surface area contributed by atoms with E-state index in [1.54, 1.807) is 45.2 Å². The number of pyridine rings is 1. The highest BCUT2D eigenvalue weighted by Crippen LogP contribution is 2.43. The molecular weight excluding hydrogens is 492 g/mol. The van der Waals surface area contributed by atoms with Crippen molar-refractivity contribution in [2.24, 2.45) is 0 Å². The quantitative estimate of drug-likeness (QED) is 0.354. The highest BCUT2D eigenvalue weighted by Gasteiger charge is 2.44. The van der Waals surface area contributed by atoms with Crippen LogP contribution in [0.4, 0.5) is 0 Å². The van der Waals surface area contributed by atoms with Gasteiger partial charge in [0.15, 0.2) is 11.5 Å². The lowest BCUT2D eigenvalue weighted by atomic mass is 9.85. The molecule has 5 rings (SSSR count). The summed E-state index contributed by atoms with van der Waals surface area (Å²) in [4.78, 5) is 13.9. The van der Waals surface area contributed by atoms with Crippen LogP contribution in [-0.4, -0.2) is 21.4 Å². The Kier molecular flexibility index (Phi) is 7.14. The fourth-order valence-electron chi connectivity index (χ4n) is 4.81. The number of aliphatic hydroxyl groups is 1. The average molecular weight is 523 g/mol. The highest BCUT2D eigenvalue weighted by molar-refractivity contribution is 5.49. The normalized spacial score (nSPS) is 17.4. The molecule has 0 amide bonds. The van der Waals surface area contributed by atoms with Gasteiger partial charge < -0.3 is 23.9 Å². The molecule has 2 atom stereocenters. The van der Waals surface area contributed by atoms with E-state index in [1.165, 1.54) is 4.57 Å². The third kappa shape index (κ3) is 5.25. The molecule has 3 aromatic carbocycles. The van der Waals surface area contributed by atoms with Crippen molar-refractivity contribution in [1.29, 1.82) is 5.26 Å². The second kappa shape index (κ2) is 10.7. The standard InChI is InChI=1S/C32H30N2O5/c1-21-29(38-20-23-12-8-5-9-13-23)27(37-19-22-10-6-4-7-11-22)18-34(31(21)36)28-25-16-24(17-33)14-15-26(25)39-32(2,3)30(28)35/h4-16,18,28,30,35H,19-20H2,1-3H3/t28-,30+/m1/s1. The van der Waals surface area contributed by atoms with Gasteiger partial charge in [0.25, 0.3) is 5.56 Å². The van der Waals surface area contributed by atoms with Crippen molar-refractivity contribution in [3.8, 4) is 23.3 Å². The second-order valence-corrected chi connectivity index (χ2v) is 10.2. The Hall–Kier alpha value is -4.54. The van der Waals surface area contributed by atoms with Crippen LogP contribution in [0.3, 0.4) is 0 Å². The Bertz CT molecular complexity index is 1570. The van der Waals surface area contributed by atoms with Gasteiger partial charge in [0.2, 0.25) is 0 Å². The number of rotatable bonds is 7. The van der Waals surface area contributed by atoms with Crippen molar-refractivity contribution in [3.63, 3.8) is 0 Å². The van der Waals surface area contributed by atoms with Crippen molar-refractivity contribution in [2.45, 2.75) is 51.7 Å². The van der Waals surface area contributed by atoms with Crippen LogP contribution in [0.1, 0.15) is 47.7 Å². The van der Waals surface area contributed by atoms with Gasteiger partial charge in [-0.25, -0.2) is 0 Å². The number of aliphatic hydroxyl groups excluding tert-OH is 1. The van der Waals surface area contributed by atoms with E-state index >= 15 is 0 Å². The molecule has 1 aliphatic heterocycles. The number of hydrogen-bond donors (Lipinski definition) is 1. The Morgan fingerprint density at radius 2 is 1.59 bits per heavy atom. The smallest absolute Gasteiger partial charge is 0.258 e. The van der Waals surface area contributed by atoms with Crippen LogP contribution >= 0.6 is 0 Å². The van der Waals surface area contributed by atoms with Gasteiger partial charge in [-0.2, -0.15) is 5.26 Å². The van der Waals surface area contributed by atoms with Crippen molar-refractivity contribution in [1.82, 2.24) is 4.57 Å². The number of benzene rings is 3. The second-order valence-electron chi connectivity index (χ2n) is 10.2. The minimum Gasteiger partial charge on any atom is -0.485 e. The molecule has 2 heterocycles. The zero-order valence-electron chi connectivity index (χ0n) is 22.1. The molecule has 0 fully saturated rings. The van der Waals surface area contributed by atoms with E-state index < -0.39 is 17.7 Å². The van der Waals surface area contributed by atoms with E-state index in [9.17, 15) is 15.2 Å². The van der Waals surface area contributed by atoms with Crippen LogP contribution in [0.2, 0.25) is 0 Å². The molecule has 0 spiro atoms. The van der Waals surface area contributed by atoms with E-state index in [-0.39, 0.29) is 18.8 Å². The first-order valence-electron chi connectivity index (χ1n) is 12.8. The molecule has 39 heavy (non-hydrogen) atoms. The molecule has 0 radical (unpaired) electrons. The zero-order chi connectivity index (χ0) is 27.6. The molecule has 0 saturated heterocycles. The molecule has 1 aromatic heterocycles. The van der Waals surface area contributed by atoms with Crippen molar-refractivity contribution in [2.75, 3.05) is 0 Å². The van der Waals surface area contributed by atoms with Gasteiger partial charge in [0.1, 0.15) is 30.7 Å². The Morgan fingerprint density at radius 3 is 2.21 bits per heavy atom. The average Bonchev–Trinajstić information content (AvgIpc) is 2.95. The SMILES string of the molecule is Cc1c(OCc2ccccc2)c(OCc2ccccc2)cn([C@@H]2c3cc(C#N)ccc3OC(C)(C)[C@H]2O)c1=O. The molecule has 1 N–H and O–H groups in total. The summed E-state index contributed by atoms with van der Waals surface area (Å²) in [6.45, 7) is 5.75. The van der Waals surface area contributed by atoms with E-state index in [0.29, 0.717) is 33.9 Å². The predicted octanol–water partition coefficient (Wildman–Crippen LogP) is 5.31. The minimum atomic E-state index is -1.09. The Labute approximate surface area is 227 Å². The van der Waals surface area contributed by atoms with E-state index in [0.717, 1.165) is 11.1 Å². The molecule has 7 heteroatoms. The van der Waals surface area contributed by atoms with Gasteiger partial charge in [-0.05, 0) is 50.1 Å². The van der Waals surface area contributed by atoms with Crippen LogP contribution in [0.5, 0.6) is 17.2 Å². The fraction of sp³-hybridized carbons (Fsp3) is 0.250. The summed E-state index contributed by atoms with van der Waals surface area (Å²) >= 11 is 0. The number of ether oxygens (including phenoxy) is 3. The van der Waals surface area contributed by atoms with E-state index in [1.807, 2.05) is 60.7 Å². The summed E-state index contributed by atoms with van der Waals surface area (Å²) in [6, 6.07) is 25.7.